The van der Waals surface area contributed by atoms with E-state index in [2.05, 4.69) is 11.8 Å². The van der Waals surface area contributed by atoms with E-state index in [9.17, 15) is 5.11 Å². The van der Waals surface area contributed by atoms with Crippen molar-refractivity contribution in [1.29, 1.82) is 0 Å². The molecule has 1 rings (SSSR count). The molecule has 0 aromatic heterocycles. The van der Waals surface area contributed by atoms with Gasteiger partial charge in [-0.25, -0.2) is 0 Å². The van der Waals surface area contributed by atoms with Crippen molar-refractivity contribution in [3.05, 3.63) is 0 Å². The van der Waals surface area contributed by atoms with Gasteiger partial charge in [0.05, 0.1) is 6.10 Å². The maximum Gasteiger partial charge on any atom is 0.0552 e. The molecule has 1 aliphatic rings. The number of aliphatic hydroxyl groups is 1. The van der Waals surface area contributed by atoms with E-state index in [4.69, 9.17) is 0 Å². The molecule has 0 aromatic rings. The largest absolute Gasteiger partial charge is 0.393 e. The van der Waals surface area contributed by atoms with Crippen molar-refractivity contribution < 1.29 is 5.11 Å². The Hall–Kier alpha value is -0.480. The normalized spacial score (nSPS) is 20.1. The lowest BCUT2D eigenvalue weighted by atomic mass is 9.92. The van der Waals surface area contributed by atoms with E-state index in [1.165, 1.54) is 38.5 Å². The molecule has 0 radical (unpaired) electrons. The summed E-state index contributed by atoms with van der Waals surface area (Å²) in [5.74, 6) is 6.67. The lowest BCUT2D eigenvalue weighted by molar-refractivity contribution is 0.130. The summed E-state index contributed by atoms with van der Waals surface area (Å²) in [6.07, 6.45) is 10.8. The molecule has 1 N–H and O–H groups in total. The van der Waals surface area contributed by atoms with Crippen LogP contribution in [0.3, 0.4) is 0 Å². The standard InChI is InChI=1S/C14H24O/c1-2-3-6-11-14(15)12-13-9-7-4-5-8-10-13/h13-15H,4-12H2,1H3. The first-order valence-electron chi connectivity index (χ1n) is 6.40. The third-order valence-corrected chi connectivity index (χ3v) is 3.36. The zero-order chi connectivity index (χ0) is 10.9. The Bertz CT molecular complexity index is 203. The summed E-state index contributed by atoms with van der Waals surface area (Å²) in [7, 11) is 0. The van der Waals surface area contributed by atoms with Crippen molar-refractivity contribution in [3.63, 3.8) is 0 Å². The van der Waals surface area contributed by atoms with E-state index in [1.54, 1.807) is 0 Å². The highest BCUT2D eigenvalue weighted by Gasteiger charge is 2.15. The van der Waals surface area contributed by atoms with Crippen LogP contribution in [0.5, 0.6) is 0 Å². The molecule has 1 aliphatic carbocycles. The lowest BCUT2D eigenvalue weighted by Gasteiger charge is -2.17. The molecule has 0 spiro atoms. The highest BCUT2D eigenvalue weighted by molar-refractivity contribution is 4.95. The number of aliphatic hydroxyl groups excluding tert-OH is 1. The molecule has 0 heterocycles. The Morgan fingerprint density at radius 2 is 1.87 bits per heavy atom. The highest BCUT2D eigenvalue weighted by Crippen LogP contribution is 2.27. The minimum atomic E-state index is -0.117. The van der Waals surface area contributed by atoms with E-state index in [-0.39, 0.29) is 6.10 Å². The van der Waals surface area contributed by atoms with Gasteiger partial charge in [0.2, 0.25) is 0 Å². The summed E-state index contributed by atoms with van der Waals surface area (Å²) in [5.41, 5.74) is 0. The van der Waals surface area contributed by atoms with Crippen LogP contribution < -0.4 is 0 Å². The second-order valence-corrected chi connectivity index (χ2v) is 4.71. The second-order valence-electron chi connectivity index (χ2n) is 4.71. The van der Waals surface area contributed by atoms with Crippen LogP contribution in [-0.2, 0) is 0 Å². The van der Waals surface area contributed by atoms with Gasteiger partial charge in [-0.3, -0.25) is 0 Å². The Morgan fingerprint density at radius 3 is 2.47 bits per heavy atom. The van der Waals surface area contributed by atoms with Gasteiger partial charge in [0.25, 0.3) is 0 Å². The van der Waals surface area contributed by atoms with Crippen LogP contribution in [0.1, 0.15) is 64.7 Å². The first kappa shape index (κ1) is 12.6. The number of rotatable bonds is 4. The predicted molar refractivity (Wildman–Crippen MR) is 64.5 cm³/mol. The quantitative estimate of drug-likeness (QED) is 0.553. The maximum absolute atomic E-state index is 9.85. The topological polar surface area (TPSA) is 20.2 Å². The van der Waals surface area contributed by atoms with Crippen molar-refractivity contribution in [3.8, 4) is 11.8 Å². The Balaban J connectivity index is 2.16. The van der Waals surface area contributed by atoms with Crippen molar-refractivity contribution in [1.82, 2.24) is 0 Å². The van der Waals surface area contributed by atoms with Gasteiger partial charge in [-0.05, 0) is 25.7 Å². The summed E-state index contributed by atoms with van der Waals surface area (Å²) < 4.78 is 0. The van der Waals surface area contributed by atoms with E-state index >= 15 is 0 Å². The van der Waals surface area contributed by atoms with Gasteiger partial charge in [-0.2, -0.15) is 0 Å². The van der Waals surface area contributed by atoms with Gasteiger partial charge >= 0.3 is 0 Å². The Morgan fingerprint density at radius 1 is 1.20 bits per heavy atom. The summed E-state index contributed by atoms with van der Waals surface area (Å²) in [6, 6.07) is 0. The van der Waals surface area contributed by atoms with E-state index in [0.29, 0.717) is 0 Å². The van der Waals surface area contributed by atoms with Gasteiger partial charge < -0.3 is 5.11 Å². The first-order chi connectivity index (χ1) is 7.33. The molecule has 1 fully saturated rings. The van der Waals surface area contributed by atoms with Crippen molar-refractivity contribution in [2.75, 3.05) is 0 Å². The van der Waals surface area contributed by atoms with Crippen LogP contribution >= 0.6 is 0 Å². The fourth-order valence-electron chi connectivity index (χ4n) is 2.47. The molecule has 0 aromatic carbocycles. The molecule has 0 saturated heterocycles. The van der Waals surface area contributed by atoms with Gasteiger partial charge in [0.1, 0.15) is 0 Å². The molecule has 86 valence electrons. The van der Waals surface area contributed by atoms with Crippen molar-refractivity contribution in [2.45, 2.75) is 70.8 Å². The molecule has 1 heteroatoms. The zero-order valence-electron chi connectivity index (χ0n) is 9.97. The van der Waals surface area contributed by atoms with Crippen LogP contribution in [-0.4, -0.2) is 11.2 Å². The fraction of sp³-hybridized carbons (Fsp3) is 0.857. The maximum atomic E-state index is 9.85. The van der Waals surface area contributed by atoms with Gasteiger partial charge in [-0.1, -0.05) is 38.5 Å². The van der Waals surface area contributed by atoms with Gasteiger partial charge in [-0.15, -0.1) is 11.8 Å². The monoisotopic (exact) mass is 208 g/mol. The Kier molecular flexibility index (Phi) is 6.52. The van der Waals surface area contributed by atoms with Gasteiger partial charge in [0.15, 0.2) is 0 Å². The molecular formula is C14H24O. The SMILES string of the molecule is CC#CCCC(O)CC1CCCCCC1. The van der Waals surface area contributed by atoms with Crippen LogP contribution in [0.25, 0.3) is 0 Å². The minimum absolute atomic E-state index is 0.117. The van der Waals surface area contributed by atoms with Crippen molar-refractivity contribution >= 4 is 0 Å². The fourth-order valence-corrected chi connectivity index (χ4v) is 2.47. The number of hydrogen-bond acceptors (Lipinski definition) is 1. The lowest BCUT2D eigenvalue weighted by Crippen LogP contribution is -2.13. The smallest absolute Gasteiger partial charge is 0.0552 e. The van der Waals surface area contributed by atoms with E-state index < -0.39 is 0 Å². The van der Waals surface area contributed by atoms with Gasteiger partial charge in [0, 0.05) is 6.42 Å². The average Bonchev–Trinajstić information content (AvgIpc) is 2.47. The Labute approximate surface area is 94.3 Å². The molecule has 1 atom stereocenters. The highest BCUT2D eigenvalue weighted by atomic mass is 16.3. The molecule has 1 unspecified atom stereocenters. The molecule has 1 nitrogen and oxygen atoms in total. The van der Waals surface area contributed by atoms with E-state index in [0.717, 1.165) is 25.2 Å². The van der Waals surface area contributed by atoms with Crippen molar-refractivity contribution in [2.24, 2.45) is 5.92 Å². The summed E-state index contributed by atoms with van der Waals surface area (Å²) in [4.78, 5) is 0. The molecule has 15 heavy (non-hydrogen) atoms. The van der Waals surface area contributed by atoms with E-state index in [1.807, 2.05) is 6.92 Å². The molecular weight excluding hydrogens is 184 g/mol. The predicted octanol–water partition coefficient (Wildman–Crippen LogP) is 3.51. The third-order valence-electron chi connectivity index (χ3n) is 3.36. The number of hydrogen-bond donors (Lipinski definition) is 1. The molecule has 0 aliphatic heterocycles. The molecule has 0 bridgehead atoms. The molecule has 1 saturated carbocycles. The minimum Gasteiger partial charge on any atom is -0.393 e. The molecule has 0 amide bonds. The average molecular weight is 208 g/mol. The first-order valence-corrected chi connectivity index (χ1v) is 6.40. The van der Waals surface area contributed by atoms with Crippen LogP contribution in [0.15, 0.2) is 0 Å². The summed E-state index contributed by atoms with van der Waals surface area (Å²) in [5, 5.41) is 9.85. The summed E-state index contributed by atoms with van der Waals surface area (Å²) >= 11 is 0. The summed E-state index contributed by atoms with van der Waals surface area (Å²) in [6.45, 7) is 1.86. The van der Waals surface area contributed by atoms with Crippen LogP contribution in [0.4, 0.5) is 0 Å². The zero-order valence-corrected chi connectivity index (χ0v) is 9.97. The second kappa shape index (κ2) is 7.77. The van der Waals surface area contributed by atoms with Crippen LogP contribution in [0, 0.1) is 17.8 Å². The van der Waals surface area contributed by atoms with Crippen LogP contribution in [0.2, 0.25) is 0 Å². The third kappa shape index (κ3) is 5.85.